The Morgan fingerprint density at radius 1 is 0.844 bits per heavy atom. The van der Waals surface area contributed by atoms with Crippen molar-refractivity contribution < 1.29 is 32.5 Å². The minimum Gasteiger partial charge on any atom is -0.491 e. The first-order chi connectivity index (χ1) is 22.0. The van der Waals surface area contributed by atoms with Crippen molar-refractivity contribution in [3.63, 3.8) is 0 Å². The highest BCUT2D eigenvalue weighted by Gasteiger charge is 2.26. The molecule has 1 aromatic heterocycles. The van der Waals surface area contributed by atoms with E-state index in [1.165, 1.54) is 82.6 Å². The van der Waals surface area contributed by atoms with Crippen LogP contribution in [0.25, 0.3) is 0 Å². The van der Waals surface area contributed by atoms with Crippen LogP contribution in [-0.4, -0.2) is 30.8 Å². The zero-order valence-corrected chi connectivity index (χ0v) is 29.2. The van der Waals surface area contributed by atoms with Gasteiger partial charge in [0.25, 0.3) is 0 Å². The van der Waals surface area contributed by atoms with Crippen LogP contribution in [0.4, 0.5) is 0 Å². The molecule has 1 heterocycles. The first kappa shape index (κ1) is 37.2. The second-order valence-electron chi connectivity index (χ2n) is 11.7. The molecule has 7 nitrogen and oxygen atoms in total. The summed E-state index contributed by atoms with van der Waals surface area (Å²) in [5.74, 6) is 1.10. The number of phosphoric ester groups is 1. The lowest BCUT2D eigenvalue weighted by Gasteiger charge is -2.20. The van der Waals surface area contributed by atoms with Crippen molar-refractivity contribution in [3.8, 4) is 11.5 Å². The molecular formula is C36H55NO6PS+. The fraction of sp³-hybridized carbons (Fsp3) is 0.583. The van der Waals surface area contributed by atoms with Gasteiger partial charge in [0.2, 0.25) is 5.51 Å². The third-order valence-electron chi connectivity index (χ3n) is 7.78. The standard InChI is InChI=1S/C36H54NO6PS/c1-3-5-6-7-8-9-10-11-12-13-14-15-16-21-33-22-17-18-24-36(33)41-29-35(40-4-2)30-42-44(38,39)43-34-23-19-20-32(27-34)28-37-25-26-45-31-37/h17-20,22-27,31,35H,3-16,21,28-30H2,1-2H3/p+1. The van der Waals surface area contributed by atoms with E-state index in [9.17, 15) is 9.46 Å². The Morgan fingerprint density at radius 3 is 2.20 bits per heavy atom. The molecule has 0 aliphatic carbocycles. The number of unbranched alkanes of at least 4 members (excludes halogenated alkanes) is 12. The Bertz CT molecular complexity index is 1220. The van der Waals surface area contributed by atoms with E-state index < -0.39 is 13.9 Å². The van der Waals surface area contributed by atoms with E-state index in [4.69, 9.17) is 18.5 Å². The summed E-state index contributed by atoms with van der Waals surface area (Å²) in [6, 6.07) is 15.2. The van der Waals surface area contributed by atoms with Gasteiger partial charge in [-0.1, -0.05) is 126 Å². The summed E-state index contributed by atoms with van der Waals surface area (Å²) >= 11 is 1.60. The highest BCUT2D eigenvalue weighted by Crippen LogP contribution is 2.44. The Morgan fingerprint density at radius 2 is 1.53 bits per heavy atom. The molecule has 0 saturated heterocycles. The number of aryl methyl sites for hydroxylation is 1. The van der Waals surface area contributed by atoms with Crippen molar-refractivity contribution in [2.45, 2.75) is 116 Å². The fourth-order valence-corrected chi connectivity index (χ4v) is 6.73. The summed E-state index contributed by atoms with van der Waals surface area (Å²) in [4.78, 5) is 10.4. The molecule has 2 unspecified atom stereocenters. The van der Waals surface area contributed by atoms with Gasteiger partial charge in [0.05, 0.1) is 12.0 Å². The van der Waals surface area contributed by atoms with Crippen LogP contribution in [0.1, 0.15) is 108 Å². The predicted molar refractivity (Wildman–Crippen MR) is 183 cm³/mol. The molecule has 2 aromatic carbocycles. The van der Waals surface area contributed by atoms with Gasteiger partial charge in [0.1, 0.15) is 24.2 Å². The molecule has 0 fully saturated rings. The molecule has 0 aliphatic heterocycles. The average molecular weight is 661 g/mol. The van der Waals surface area contributed by atoms with E-state index in [2.05, 4.69) is 13.0 Å². The lowest BCUT2D eigenvalue weighted by atomic mass is 10.0. The molecule has 0 amide bonds. The van der Waals surface area contributed by atoms with Crippen molar-refractivity contribution in [2.24, 2.45) is 0 Å². The number of phosphoric acid groups is 1. The van der Waals surface area contributed by atoms with Crippen LogP contribution in [0.3, 0.4) is 0 Å². The van der Waals surface area contributed by atoms with Crippen LogP contribution >= 0.6 is 19.2 Å². The first-order valence-corrected chi connectivity index (χ1v) is 19.4. The van der Waals surface area contributed by atoms with Gasteiger partial charge in [-0.05, 0) is 43.5 Å². The van der Waals surface area contributed by atoms with Gasteiger partial charge in [-0.25, -0.2) is 4.57 Å². The van der Waals surface area contributed by atoms with Crippen molar-refractivity contribution in [1.29, 1.82) is 0 Å². The van der Waals surface area contributed by atoms with E-state index in [0.29, 0.717) is 13.2 Å². The third-order valence-corrected chi connectivity index (χ3v) is 9.37. The second-order valence-corrected chi connectivity index (χ2v) is 13.8. The summed E-state index contributed by atoms with van der Waals surface area (Å²) in [7, 11) is -4.37. The zero-order valence-electron chi connectivity index (χ0n) is 27.4. The van der Waals surface area contributed by atoms with Gasteiger partial charge in [-0.15, -0.1) is 0 Å². The normalized spacial score (nSPS) is 13.4. The zero-order chi connectivity index (χ0) is 32.0. The van der Waals surface area contributed by atoms with E-state index in [1.807, 2.05) is 52.8 Å². The number of hydrogen-bond donors (Lipinski definition) is 1. The fourth-order valence-electron chi connectivity index (χ4n) is 5.35. The topological polar surface area (TPSA) is 78.1 Å². The molecule has 1 N–H and O–H groups in total. The number of thiazole rings is 1. The summed E-state index contributed by atoms with van der Waals surface area (Å²) in [5.41, 5.74) is 4.13. The molecule has 2 atom stereocenters. The SMILES string of the molecule is CCCCCCCCCCCCCCCc1ccccc1OCC(COP(=O)(O)Oc1cccc(C[n+]2ccsc2)c1)OCC. The largest absolute Gasteiger partial charge is 0.527 e. The van der Waals surface area contributed by atoms with E-state index in [0.717, 1.165) is 24.2 Å². The van der Waals surface area contributed by atoms with Crippen LogP contribution in [0.5, 0.6) is 11.5 Å². The highest BCUT2D eigenvalue weighted by atomic mass is 32.1. The summed E-state index contributed by atoms with van der Waals surface area (Å²) in [5, 5.41) is 1.99. The van der Waals surface area contributed by atoms with Crippen molar-refractivity contribution in [2.75, 3.05) is 19.8 Å². The number of rotatable bonds is 26. The number of benzene rings is 2. The Labute approximate surface area is 275 Å². The maximum Gasteiger partial charge on any atom is 0.527 e. The van der Waals surface area contributed by atoms with E-state index >= 15 is 0 Å². The lowest BCUT2D eigenvalue weighted by molar-refractivity contribution is -0.683. The lowest BCUT2D eigenvalue weighted by Crippen LogP contribution is -2.30. The molecular weight excluding hydrogens is 605 g/mol. The smallest absolute Gasteiger partial charge is 0.491 e. The molecule has 45 heavy (non-hydrogen) atoms. The maximum absolute atomic E-state index is 12.8. The van der Waals surface area contributed by atoms with Crippen LogP contribution in [0.15, 0.2) is 65.6 Å². The summed E-state index contributed by atoms with van der Waals surface area (Å²) in [6.07, 6.45) is 19.8. The van der Waals surface area contributed by atoms with Gasteiger partial charge in [0.15, 0.2) is 12.7 Å². The van der Waals surface area contributed by atoms with Crippen molar-refractivity contribution >= 4 is 19.2 Å². The molecule has 3 aromatic rings. The average Bonchev–Trinajstić information content (AvgIpc) is 3.54. The predicted octanol–water partition coefficient (Wildman–Crippen LogP) is 9.70. The van der Waals surface area contributed by atoms with Gasteiger partial charge < -0.3 is 14.0 Å². The van der Waals surface area contributed by atoms with Crippen molar-refractivity contribution in [3.05, 3.63) is 76.7 Å². The number of nitrogens with zero attached hydrogens (tertiary/aromatic N) is 1. The highest BCUT2D eigenvalue weighted by molar-refractivity contribution is 7.47. The van der Waals surface area contributed by atoms with E-state index in [-0.39, 0.29) is 19.0 Å². The maximum atomic E-state index is 12.8. The number of hydrogen-bond acceptors (Lipinski definition) is 6. The minimum absolute atomic E-state index is 0.132. The molecule has 250 valence electrons. The molecule has 0 saturated carbocycles. The molecule has 0 aliphatic rings. The monoisotopic (exact) mass is 660 g/mol. The number of ether oxygens (including phenoxy) is 2. The van der Waals surface area contributed by atoms with Crippen molar-refractivity contribution in [1.82, 2.24) is 0 Å². The Hall–Kier alpha value is -2.22. The molecule has 0 bridgehead atoms. The van der Waals surface area contributed by atoms with Gasteiger partial charge in [0, 0.05) is 12.2 Å². The van der Waals surface area contributed by atoms with Crippen LogP contribution in [0.2, 0.25) is 0 Å². The quantitative estimate of drug-likeness (QED) is 0.0525. The van der Waals surface area contributed by atoms with Gasteiger partial charge in [-0.3, -0.25) is 9.42 Å². The van der Waals surface area contributed by atoms with E-state index in [1.54, 1.807) is 29.5 Å². The molecule has 9 heteroatoms. The number of para-hydroxylation sites is 1. The second kappa shape index (κ2) is 22.3. The van der Waals surface area contributed by atoms with Crippen LogP contribution in [-0.2, 0) is 26.8 Å². The first-order valence-electron chi connectivity index (χ1n) is 17.0. The van der Waals surface area contributed by atoms with Crippen LogP contribution in [0, 0.1) is 0 Å². The Kier molecular flexibility index (Phi) is 18.5. The Balaban J connectivity index is 1.35. The molecule has 3 rings (SSSR count). The number of aromatic nitrogens is 1. The molecule has 0 spiro atoms. The minimum atomic E-state index is -4.37. The van der Waals surface area contributed by atoms with Gasteiger partial charge >= 0.3 is 7.82 Å². The summed E-state index contributed by atoms with van der Waals surface area (Å²) in [6.45, 7) is 5.29. The third kappa shape index (κ3) is 16.3. The van der Waals surface area contributed by atoms with Gasteiger partial charge in [-0.2, -0.15) is 4.57 Å². The summed E-state index contributed by atoms with van der Waals surface area (Å²) < 4.78 is 37.4. The molecule has 0 radical (unpaired) electrons. The van der Waals surface area contributed by atoms with Crippen LogP contribution < -0.4 is 13.8 Å².